The highest BCUT2D eigenvalue weighted by Gasteiger charge is 2.29. The fraction of sp³-hybridized carbons (Fsp3) is 0.818. The fourth-order valence-corrected chi connectivity index (χ4v) is 2.23. The Kier molecular flexibility index (Phi) is 3.90. The van der Waals surface area contributed by atoms with Gasteiger partial charge in [-0.05, 0) is 22.8 Å². The summed E-state index contributed by atoms with van der Waals surface area (Å²) in [5.74, 6) is 0.242. The third-order valence-corrected chi connectivity index (χ3v) is 3.28. The van der Waals surface area contributed by atoms with Gasteiger partial charge in [0.05, 0.1) is 19.1 Å². The molecule has 1 aromatic heterocycles. The fourth-order valence-electron chi connectivity index (χ4n) is 2.23. The molecular formula is C11H18N4O3. The van der Waals surface area contributed by atoms with Gasteiger partial charge in [-0.2, -0.15) is 0 Å². The molecule has 2 unspecified atom stereocenters. The highest BCUT2D eigenvalue weighted by Crippen LogP contribution is 2.28. The Balaban J connectivity index is 2.24. The van der Waals surface area contributed by atoms with Crippen LogP contribution in [0.1, 0.15) is 44.5 Å². The maximum Gasteiger partial charge on any atom is 0.305 e. The van der Waals surface area contributed by atoms with Crippen molar-refractivity contribution in [2.75, 3.05) is 13.2 Å². The van der Waals surface area contributed by atoms with E-state index in [-0.39, 0.29) is 24.3 Å². The van der Waals surface area contributed by atoms with Crippen molar-refractivity contribution < 1.29 is 14.6 Å². The minimum Gasteiger partial charge on any atom is -0.481 e. The molecule has 1 aliphatic rings. The van der Waals surface area contributed by atoms with Gasteiger partial charge in [0.2, 0.25) is 0 Å². The van der Waals surface area contributed by atoms with Gasteiger partial charge in [0.1, 0.15) is 0 Å². The molecule has 1 aromatic rings. The van der Waals surface area contributed by atoms with Crippen molar-refractivity contribution in [1.82, 2.24) is 20.2 Å². The zero-order chi connectivity index (χ0) is 13.1. The van der Waals surface area contributed by atoms with Crippen LogP contribution < -0.4 is 0 Å². The Morgan fingerprint density at radius 2 is 2.39 bits per heavy atom. The number of aliphatic carboxylic acids is 1. The minimum absolute atomic E-state index is 0.0310. The maximum absolute atomic E-state index is 10.9. The number of hydrogen-bond donors (Lipinski definition) is 1. The van der Waals surface area contributed by atoms with E-state index in [1.165, 1.54) is 0 Å². The lowest BCUT2D eigenvalue weighted by Crippen LogP contribution is -2.23. The molecule has 1 fully saturated rings. The molecule has 0 spiro atoms. The van der Waals surface area contributed by atoms with E-state index in [9.17, 15) is 4.79 Å². The second-order valence-electron chi connectivity index (χ2n) is 4.95. The van der Waals surface area contributed by atoms with Gasteiger partial charge in [-0.1, -0.05) is 13.8 Å². The van der Waals surface area contributed by atoms with Crippen LogP contribution in [-0.2, 0) is 9.53 Å². The van der Waals surface area contributed by atoms with E-state index in [2.05, 4.69) is 15.5 Å². The van der Waals surface area contributed by atoms with E-state index < -0.39 is 5.97 Å². The van der Waals surface area contributed by atoms with E-state index in [0.29, 0.717) is 13.2 Å². The lowest BCUT2D eigenvalue weighted by molar-refractivity contribution is -0.138. The highest BCUT2D eigenvalue weighted by molar-refractivity contribution is 5.67. The van der Waals surface area contributed by atoms with Crippen molar-refractivity contribution in [3.63, 3.8) is 0 Å². The van der Waals surface area contributed by atoms with Crippen LogP contribution in [0.3, 0.4) is 0 Å². The standard InChI is InChI=1S/C11H18N4O3/c1-7(2)9(5-10(16)17)15-11(12-13-14-15)8-3-4-18-6-8/h7-9H,3-6H2,1-2H3,(H,16,17). The van der Waals surface area contributed by atoms with E-state index in [1.807, 2.05) is 13.8 Å². The smallest absolute Gasteiger partial charge is 0.305 e. The number of carboxylic acids is 1. The molecule has 18 heavy (non-hydrogen) atoms. The number of hydrogen-bond acceptors (Lipinski definition) is 5. The van der Waals surface area contributed by atoms with E-state index in [4.69, 9.17) is 9.84 Å². The summed E-state index contributed by atoms with van der Waals surface area (Å²) >= 11 is 0. The van der Waals surface area contributed by atoms with Crippen molar-refractivity contribution in [1.29, 1.82) is 0 Å². The van der Waals surface area contributed by atoms with Crippen LogP contribution in [0.5, 0.6) is 0 Å². The predicted molar refractivity (Wildman–Crippen MR) is 62.1 cm³/mol. The quantitative estimate of drug-likeness (QED) is 0.837. The number of carbonyl (C=O) groups is 1. The minimum atomic E-state index is -0.835. The first-order valence-electron chi connectivity index (χ1n) is 6.17. The first kappa shape index (κ1) is 12.9. The van der Waals surface area contributed by atoms with Crippen LogP contribution >= 0.6 is 0 Å². The molecule has 1 N–H and O–H groups in total. The van der Waals surface area contributed by atoms with Gasteiger partial charge in [0, 0.05) is 12.5 Å². The van der Waals surface area contributed by atoms with Crippen LogP contribution in [0.2, 0.25) is 0 Å². The Morgan fingerprint density at radius 1 is 1.61 bits per heavy atom. The van der Waals surface area contributed by atoms with Crippen LogP contribution in [0.25, 0.3) is 0 Å². The van der Waals surface area contributed by atoms with Gasteiger partial charge in [0.25, 0.3) is 0 Å². The second kappa shape index (κ2) is 5.43. The molecule has 2 atom stereocenters. The molecule has 7 nitrogen and oxygen atoms in total. The lowest BCUT2D eigenvalue weighted by atomic mass is 10.00. The van der Waals surface area contributed by atoms with E-state index in [1.54, 1.807) is 4.68 Å². The molecule has 1 saturated heterocycles. The van der Waals surface area contributed by atoms with Crippen molar-refractivity contribution >= 4 is 5.97 Å². The molecule has 0 aromatic carbocycles. The van der Waals surface area contributed by atoms with Gasteiger partial charge < -0.3 is 9.84 Å². The van der Waals surface area contributed by atoms with Gasteiger partial charge in [-0.15, -0.1) is 5.10 Å². The molecule has 0 amide bonds. The molecule has 0 aliphatic carbocycles. The van der Waals surface area contributed by atoms with Crippen molar-refractivity contribution in [2.24, 2.45) is 5.92 Å². The number of aromatic nitrogens is 4. The Hall–Kier alpha value is -1.50. The Morgan fingerprint density at radius 3 is 2.94 bits per heavy atom. The molecule has 1 aliphatic heterocycles. The number of nitrogens with zero attached hydrogens (tertiary/aromatic N) is 4. The zero-order valence-corrected chi connectivity index (χ0v) is 10.6. The summed E-state index contributed by atoms with van der Waals surface area (Å²) in [6.07, 6.45) is 0.918. The summed E-state index contributed by atoms with van der Waals surface area (Å²) in [5.41, 5.74) is 0. The predicted octanol–water partition coefficient (Wildman–Crippen LogP) is 0.849. The molecule has 2 rings (SSSR count). The Labute approximate surface area is 105 Å². The average Bonchev–Trinajstić information content (AvgIpc) is 2.95. The summed E-state index contributed by atoms with van der Waals surface area (Å²) in [4.78, 5) is 10.9. The normalized spacial score (nSPS) is 21.4. The monoisotopic (exact) mass is 254 g/mol. The molecule has 0 radical (unpaired) electrons. The number of tetrazole rings is 1. The van der Waals surface area contributed by atoms with Gasteiger partial charge in [0.15, 0.2) is 5.82 Å². The number of rotatable bonds is 5. The summed E-state index contributed by atoms with van der Waals surface area (Å²) in [7, 11) is 0. The highest BCUT2D eigenvalue weighted by atomic mass is 16.5. The molecule has 2 heterocycles. The molecular weight excluding hydrogens is 236 g/mol. The summed E-state index contributed by atoms with van der Waals surface area (Å²) < 4.78 is 7.00. The molecule has 0 bridgehead atoms. The van der Waals surface area contributed by atoms with Gasteiger partial charge in [-0.3, -0.25) is 4.79 Å². The van der Waals surface area contributed by atoms with E-state index in [0.717, 1.165) is 12.2 Å². The largest absolute Gasteiger partial charge is 0.481 e. The third kappa shape index (κ3) is 2.66. The molecule has 7 heteroatoms. The number of carboxylic acid groups (broad SMARTS) is 1. The van der Waals surface area contributed by atoms with Gasteiger partial charge >= 0.3 is 5.97 Å². The molecule has 0 saturated carbocycles. The van der Waals surface area contributed by atoms with Crippen LogP contribution in [0, 0.1) is 5.92 Å². The van der Waals surface area contributed by atoms with Crippen LogP contribution in [0.4, 0.5) is 0 Å². The first-order valence-corrected chi connectivity index (χ1v) is 6.17. The van der Waals surface area contributed by atoms with Crippen molar-refractivity contribution in [3.05, 3.63) is 5.82 Å². The Bertz CT molecular complexity index is 412. The number of ether oxygens (including phenoxy) is 1. The van der Waals surface area contributed by atoms with Crippen LogP contribution in [0.15, 0.2) is 0 Å². The summed E-state index contributed by atoms with van der Waals surface area (Å²) in [6, 6.07) is -0.215. The van der Waals surface area contributed by atoms with Crippen molar-refractivity contribution in [2.45, 2.75) is 38.6 Å². The maximum atomic E-state index is 10.9. The second-order valence-corrected chi connectivity index (χ2v) is 4.95. The van der Waals surface area contributed by atoms with E-state index >= 15 is 0 Å². The molecule has 100 valence electrons. The van der Waals surface area contributed by atoms with Gasteiger partial charge in [-0.25, -0.2) is 4.68 Å². The van der Waals surface area contributed by atoms with Crippen molar-refractivity contribution in [3.8, 4) is 0 Å². The van der Waals surface area contributed by atoms with Crippen LogP contribution in [-0.4, -0.2) is 44.5 Å². The zero-order valence-electron chi connectivity index (χ0n) is 10.6. The SMILES string of the molecule is CC(C)C(CC(=O)O)n1nnnc1C1CCOC1. The summed E-state index contributed by atoms with van der Waals surface area (Å²) in [5, 5.41) is 20.7. The lowest BCUT2D eigenvalue weighted by Gasteiger charge is -2.21. The summed E-state index contributed by atoms with van der Waals surface area (Å²) in [6.45, 7) is 5.27. The topological polar surface area (TPSA) is 90.1 Å². The third-order valence-electron chi connectivity index (χ3n) is 3.28. The first-order chi connectivity index (χ1) is 8.59. The average molecular weight is 254 g/mol.